The smallest absolute Gasteiger partial charge is 0.0316 e. The quantitative estimate of drug-likeness (QED) is 0.330. The zero-order valence-corrected chi connectivity index (χ0v) is 17.4. The number of nitrogens with two attached hydrogens (primary N) is 4. The van der Waals surface area contributed by atoms with Crippen molar-refractivity contribution < 1.29 is 0 Å². The van der Waals surface area contributed by atoms with Gasteiger partial charge in [-0.05, 0) is 83.1 Å². The summed E-state index contributed by atoms with van der Waals surface area (Å²) in [4.78, 5) is 0. The third-order valence-electron chi connectivity index (χ3n) is 5.74. The normalized spacial score (nSPS) is 12.0. The van der Waals surface area contributed by atoms with E-state index in [2.05, 4.69) is 48.5 Å². The molecule has 1 unspecified atom stereocenters. The lowest BCUT2D eigenvalue weighted by Gasteiger charge is -2.30. The van der Waals surface area contributed by atoms with Crippen LogP contribution in [0.15, 0.2) is 97.1 Å². The topological polar surface area (TPSA) is 104 Å². The number of rotatable bonds is 6. The summed E-state index contributed by atoms with van der Waals surface area (Å²) in [5.41, 5.74) is 32.0. The van der Waals surface area contributed by atoms with Gasteiger partial charge in [0.1, 0.15) is 0 Å². The summed E-state index contributed by atoms with van der Waals surface area (Å²) in [6, 6.07) is 32.5. The van der Waals surface area contributed by atoms with Gasteiger partial charge in [-0.2, -0.15) is 0 Å². The van der Waals surface area contributed by atoms with Crippen molar-refractivity contribution in [1.82, 2.24) is 0 Å². The minimum absolute atomic E-state index is 0.0631. The minimum Gasteiger partial charge on any atom is -0.399 e. The molecule has 4 rings (SSSR count). The Labute approximate surface area is 183 Å². The van der Waals surface area contributed by atoms with Crippen molar-refractivity contribution in [1.29, 1.82) is 0 Å². The average molecular weight is 409 g/mol. The first kappa shape index (κ1) is 20.4. The Bertz CT molecular complexity index is 1100. The monoisotopic (exact) mass is 408 g/mol. The van der Waals surface area contributed by atoms with E-state index in [1.807, 2.05) is 48.5 Å². The number of hydrogen-bond donors (Lipinski definition) is 4. The highest BCUT2D eigenvalue weighted by molar-refractivity contribution is 5.51. The molecule has 0 fully saturated rings. The molecule has 0 heterocycles. The summed E-state index contributed by atoms with van der Waals surface area (Å²) in [5.74, 6) is 0.209. The van der Waals surface area contributed by atoms with Crippen molar-refractivity contribution in [2.45, 2.75) is 18.3 Å². The molecule has 0 bridgehead atoms. The molecule has 4 nitrogen and oxygen atoms in total. The molecule has 8 N–H and O–H groups in total. The lowest BCUT2D eigenvalue weighted by molar-refractivity contribution is 0.601. The minimum atomic E-state index is 0.0631. The van der Waals surface area contributed by atoms with Gasteiger partial charge in [-0.1, -0.05) is 48.5 Å². The van der Waals surface area contributed by atoms with E-state index in [1.165, 1.54) is 11.1 Å². The van der Waals surface area contributed by atoms with E-state index < -0.39 is 0 Å². The number of anilines is 4. The maximum atomic E-state index is 6.18. The van der Waals surface area contributed by atoms with E-state index in [4.69, 9.17) is 22.9 Å². The van der Waals surface area contributed by atoms with E-state index in [1.54, 1.807) is 0 Å². The first-order chi connectivity index (χ1) is 15.0. The van der Waals surface area contributed by atoms with Crippen LogP contribution in [0.2, 0.25) is 0 Å². The molecular weight excluding hydrogens is 380 g/mol. The van der Waals surface area contributed by atoms with Crippen molar-refractivity contribution in [3.63, 3.8) is 0 Å². The highest BCUT2D eigenvalue weighted by Gasteiger charge is 2.27. The Hall–Kier alpha value is -3.92. The lowest BCUT2D eigenvalue weighted by Crippen LogP contribution is -2.16. The van der Waals surface area contributed by atoms with Crippen molar-refractivity contribution in [3.8, 4) is 0 Å². The summed E-state index contributed by atoms with van der Waals surface area (Å²) in [5, 5.41) is 0. The van der Waals surface area contributed by atoms with Crippen LogP contribution in [0.4, 0.5) is 22.7 Å². The van der Waals surface area contributed by atoms with E-state index in [0.717, 1.165) is 40.3 Å². The molecule has 31 heavy (non-hydrogen) atoms. The van der Waals surface area contributed by atoms with Crippen molar-refractivity contribution in [2.75, 3.05) is 22.9 Å². The average Bonchev–Trinajstić information content (AvgIpc) is 2.76. The summed E-state index contributed by atoms with van der Waals surface area (Å²) in [6.45, 7) is 0. The zero-order valence-electron chi connectivity index (χ0n) is 17.4. The summed E-state index contributed by atoms with van der Waals surface area (Å²) < 4.78 is 0. The Morgan fingerprint density at radius 2 is 0.968 bits per heavy atom. The fraction of sp³-hybridized carbons (Fsp3) is 0.111. The number of benzene rings is 4. The van der Waals surface area contributed by atoms with Gasteiger partial charge < -0.3 is 22.9 Å². The van der Waals surface area contributed by atoms with Crippen LogP contribution in [0.3, 0.4) is 0 Å². The van der Waals surface area contributed by atoms with E-state index in [-0.39, 0.29) is 11.8 Å². The van der Waals surface area contributed by atoms with Gasteiger partial charge in [0.15, 0.2) is 0 Å². The SMILES string of the molecule is Nc1ccc(CC(c2ccc(N)cc2)C(c2cccc(N)c2)c2cccc(N)c2)cc1. The molecule has 0 aliphatic rings. The van der Waals surface area contributed by atoms with Gasteiger partial charge in [-0.3, -0.25) is 0 Å². The van der Waals surface area contributed by atoms with Crippen molar-refractivity contribution >= 4 is 22.7 Å². The third kappa shape index (κ3) is 4.81. The second kappa shape index (κ2) is 8.84. The molecule has 0 saturated heterocycles. The van der Waals surface area contributed by atoms with Crippen molar-refractivity contribution in [2.24, 2.45) is 0 Å². The van der Waals surface area contributed by atoms with Gasteiger partial charge in [-0.15, -0.1) is 0 Å². The van der Waals surface area contributed by atoms with Gasteiger partial charge in [0.2, 0.25) is 0 Å². The van der Waals surface area contributed by atoms with Crippen LogP contribution in [-0.4, -0.2) is 0 Å². The standard InChI is InChI=1S/C27H28N4/c28-22-11-7-18(8-12-22)15-26(19-9-13-23(29)14-10-19)27(20-3-1-5-24(30)16-20)21-4-2-6-25(31)17-21/h1-14,16-17,26-27H,15,28-31H2. The second-order valence-electron chi connectivity index (χ2n) is 8.04. The maximum Gasteiger partial charge on any atom is 0.0316 e. The third-order valence-corrected chi connectivity index (χ3v) is 5.74. The molecule has 156 valence electrons. The predicted molar refractivity (Wildman–Crippen MR) is 132 cm³/mol. The fourth-order valence-electron chi connectivity index (χ4n) is 4.24. The van der Waals surface area contributed by atoms with E-state index in [0.29, 0.717) is 0 Å². The molecule has 0 saturated carbocycles. The van der Waals surface area contributed by atoms with Gasteiger partial charge in [0.25, 0.3) is 0 Å². The molecule has 0 amide bonds. The molecule has 0 aromatic heterocycles. The van der Waals surface area contributed by atoms with Crippen LogP contribution >= 0.6 is 0 Å². The highest BCUT2D eigenvalue weighted by Crippen LogP contribution is 2.42. The van der Waals surface area contributed by atoms with Crippen LogP contribution in [0.25, 0.3) is 0 Å². The summed E-state index contributed by atoms with van der Waals surface area (Å²) in [6.07, 6.45) is 0.832. The lowest BCUT2D eigenvalue weighted by atomic mass is 9.74. The summed E-state index contributed by atoms with van der Waals surface area (Å²) in [7, 11) is 0. The number of nitrogen functional groups attached to an aromatic ring is 4. The largest absolute Gasteiger partial charge is 0.399 e. The molecule has 4 aromatic carbocycles. The molecular formula is C27H28N4. The zero-order chi connectivity index (χ0) is 21.8. The van der Waals surface area contributed by atoms with Crippen LogP contribution in [0, 0.1) is 0 Å². The molecule has 0 radical (unpaired) electrons. The van der Waals surface area contributed by atoms with Gasteiger partial charge in [0, 0.05) is 28.7 Å². The molecule has 0 aliphatic heterocycles. The Balaban J connectivity index is 1.87. The Kier molecular flexibility index (Phi) is 5.80. The highest BCUT2D eigenvalue weighted by atomic mass is 14.6. The molecule has 1 atom stereocenters. The summed E-state index contributed by atoms with van der Waals surface area (Å²) >= 11 is 0. The van der Waals surface area contributed by atoms with Crippen LogP contribution < -0.4 is 22.9 Å². The maximum absolute atomic E-state index is 6.18. The second-order valence-corrected chi connectivity index (χ2v) is 8.04. The number of hydrogen-bond acceptors (Lipinski definition) is 4. The van der Waals surface area contributed by atoms with E-state index in [9.17, 15) is 0 Å². The first-order valence-corrected chi connectivity index (χ1v) is 10.4. The first-order valence-electron chi connectivity index (χ1n) is 10.4. The predicted octanol–water partition coefficient (Wildman–Crippen LogP) is 5.17. The molecule has 4 aromatic rings. The van der Waals surface area contributed by atoms with Gasteiger partial charge >= 0.3 is 0 Å². The van der Waals surface area contributed by atoms with Crippen molar-refractivity contribution in [3.05, 3.63) is 119 Å². The molecule has 0 aliphatic carbocycles. The van der Waals surface area contributed by atoms with Crippen LogP contribution in [0.5, 0.6) is 0 Å². The Morgan fingerprint density at radius 3 is 1.45 bits per heavy atom. The fourth-order valence-corrected chi connectivity index (χ4v) is 4.24. The van der Waals surface area contributed by atoms with Gasteiger partial charge in [0.05, 0.1) is 0 Å². The van der Waals surface area contributed by atoms with Crippen LogP contribution in [0.1, 0.15) is 34.1 Å². The molecule has 4 heteroatoms. The van der Waals surface area contributed by atoms with Gasteiger partial charge in [-0.25, -0.2) is 0 Å². The van der Waals surface area contributed by atoms with Crippen LogP contribution in [-0.2, 0) is 6.42 Å². The Morgan fingerprint density at radius 1 is 0.484 bits per heavy atom. The molecule has 0 spiro atoms. The van der Waals surface area contributed by atoms with E-state index >= 15 is 0 Å².